The first-order valence-electron chi connectivity index (χ1n) is 5.74. The van der Waals surface area contributed by atoms with Gasteiger partial charge < -0.3 is 0 Å². The molecule has 0 spiro atoms. The molecule has 0 aliphatic heterocycles. The maximum absolute atomic E-state index is 11.9. The quantitative estimate of drug-likeness (QED) is 0.605. The lowest BCUT2D eigenvalue weighted by molar-refractivity contribution is -0.156. The van der Waals surface area contributed by atoms with E-state index in [1.165, 1.54) is 32.1 Å². The summed E-state index contributed by atoms with van der Waals surface area (Å²) in [6, 6.07) is 0. The van der Waals surface area contributed by atoms with Gasteiger partial charge in [-0.15, -0.1) is 0 Å². The van der Waals surface area contributed by atoms with Crippen LogP contribution in [0.5, 0.6) is 0 Å². The monoisotopic (exact) mass is 180 g/mol. The Morgan fingerprint density at radius 1 is 1.31 bits per heavy atom. The van der Waals surface area contributed by atoms with E-state index in [1.54, 1.807) is 0 Å². The van der Waals surface area contributed by atoms with Gasteiger partial charge >= 0.3 is 0 Å². The smallest absolute Gasteiger partial charge is 0.142 e. The zero-order valence-electron chi connectivity index (χ0n) is 8.81. The Balaban J connectivity index is 2.14. The Kier molecular flexibility index (Phi) is 2.21. The molecule has 0 bridgehead atoms. The van der Waals surface area contributed by atoms with Crippen molar-refractivity contribution in [1.82, 2.24) is 0 Å². The van der Waals surface area contributed by atoms with Crippen LogP contribution in [0.4, 0.5) is 0 Å². The van der Waals surface area contributed by atoms with E-state index in [1.807, 2.05) is 0 Å². The van der Waals surface area contributed by atoms with Gasteiger partial charge in [0.05, 0.1) is 0 Å². The van der Waals surface area contributed by atoms with Crippen molar-refractivity contribution in [2.45, 2.75) is 52.4 Å². The Morgan fingerprint density at radius 2 is 2.00 bits per heavy atom. The third-order valence-electron chi connectivity index (χ3n) is 4.47. The first-order chi connectivity index (χ1) is 6.20. The number of hydrogen-bond donors (Lipinski definition) is 0. The van der Waals surface area contributed by atoms with Crippen LogP contribution in [0, 0.1) is 17.3 Å². The molecule has 13 heavy (non-hydrogen) atoms. The van der Waals surface area contributed by atoms with Crippen LogP contribution in [-0.4, -0.2) is 5.78 Å². The van der Waals surface area contributed by atoms with Crippen LogP contribution in [0.1, 0.15) is 52.4 Å². The lowest BCUT2D eigenvalue weighted by Crippen LogP contribution is -2.55. The van der Waals surface area contributed by atoms with Crippen LogP contribution in [-0.2, 0) is 4.79 Å². The molecule has 74 valence electrons. The topological polar surface area (TPSA) is 17.1 Å². The van der Waals surface area contributed by atoms with Crippen molar-refractivity contribution in [1.29, 1.82) is 0 Å². The molecule has 1 heteroatoms. The molecule has 3 atom stereocenters. The lowest BCUT2D eigenvalue weighted by Gasteiger charge is -2.51. The van der Waals surface area contributed by atoms with Crippen molar-refractivity contribution < 1.29 is 4.79 Å². The Morgan fingerprint density at radius 3 is 2.69 bits per heavy atom. The first-order valence-corrected chi connectivity index (χ1v) is 5.74. The zero-order chi connectivity index (χ0) is 9.47. The number of Topliss-reactive ketones (excluding diaryl/α,β-unsaturated/α-hetero) is 1. The van der Waals surface area contributed by atoms with Gasteiger partial charge in [-0.25, -0.2) is 0 Å². The number of rotatable bonds is 1. The molecule has 2 saturated carbocycles. The summed E-state index contributed by atoms with van der Waals surface area (Å²) in [7, 11) is 0. The normalized spacial score (nSPS) is 44.9. The van der Waals surface area contributed by atoms with Gasteiger partial charge in [-0.2, -0.15) is 0 Å². The molecule has 1 nitrogen and oxygen atoms in total. The van der Waals surface area contributed by atoms with Gasteiger partial charge in [0.2, 0.25) is 0 Å². The molecule has 2 rings (SSSR count). The minimum Gasteiger partial charge on any atom is -0.299 e. The number of hydrogen-bond acceptors (Lipinski definition) is 1. The van der Waals surface area contributed by atoms with Gasteiger partial charge in [-0.05, 0) is 25.2 Å². The van der Waals surface area contributed by atoms with Crippen molar-refractivity contribution in [3.05, 3.63) is 0 Å². The number of carbonyl (C=O) groups excluding carboxylic acids is 1. The SMILES string of the molecule is CCC1(C)C(=O)C2CCCCCC21. The van der Waals surface area contributed by atoms with E-state index in [4.69, 9.17) is 0 Å². The van der Waals surface area contributed by atoms with E-state index in [0.717, 1.165) is 12.3 Å². The molecule has 0 N–H and O–H groups in total. The molecule has 2 aliphatic rings. The van der Waals surface area contributed by atoms with Crippen LogP contribution in [0.25, 0.3) is 0 Å². The second kappa shape index (κ2) is 3.11. The second-order valence-corrected chi connectivity index (χ2v) is 4.99. The Hall–Kier alpha value is -0.330. The molecule has 2 aliphatic carbocycles. The van der Waals surface area contributed by atoms with Crippen LogP contribution in [0.2, 0.25) is 0 Å². The average Bonchev–Trinajstić information content (AvgIpc) is 2.39. The van der Waals surface area contributed by atoms with Crippen molar-refractivity contribution in [2.75, 3.05) is 0 Å². The highest BCUT2D eigenvalue weighted by molar-refractivity contribution is 5.93. The molecule has 3 unspecified atom stereocenters. The summed E-state index contributed by atoms with van der Waals surface area (Å²) in [4.78, 5) is 11.9. The highest BCUT2D eigenvalue weighted by atomic mass is 16.1. The molecule has 0 amide bonds. The molecule has 0 heterocycles. The minimum atomic E-state index is 0.0645. The predicted molar refractivity (Wildman–Crippen MR) is 53.5 cm³/mol. The third-order valence-corrected chi connectivity index (χ3v) is 4.47. The van der Waals surface area contributed by atoms with Gasteiger partial charge in [0.15, 0.2) is 0 Å². The first kappa shape index (κ1) is 9.23. The van der Waals surface area contributed by atoms with E-state index >= 15 is 0 Å². The molecule has 0 saturated heterocycles. The maximum atomic E-state index is 11.9. The van der Waals surface area contributed by atoms with Crippen LogP contribution in [0.3, 0.4) is 0 Å². The summed E-state index contributed by atoms with van der Waals surface area (Å²) in [5.74, 6) is 1.75. The Labute approximate surface area is 80.9 Å². The van der Waals surface area contributed by atoms with Crippen LogP contribution < -0.4 is 0 Å². The number of fused-ring (bicyclic) bond motifs is 1. The maximum Gasteiger partial charge on any atom is 0.142 e. The average molecular weight is 180 g/mol. The molecule has 0 aromatic rings. The minimum absolute atomic E-state index is 0.0645. The standard InChI is InChI=1S/C12H20O/c1-3-12(2)10-8-6-4-5-7-9(10)11(12)13/h9-10H,3-8H2,1-2H3. The van der Waals surface area contributed by atoms with Gasteiger partial charge in [-0.1, -0.05) is 33.1 Å². The lowest BCUT2D eigenvalue weighted by atomic mass is 9.51. The zero-order valence-corrected chi connectivity index (χ0v) is 8.81. The summed E-state index contributed by atoms with van der Waals surface area (Å²) in [5.41, 5.74) is 0.0645. The molecule has 2 fully saturated rings. The van der Waals surface area contributed by atoms with Crippen molar-refractivity contribution in [2.24, 2.45) is 17.3 Å². The third kappa shape index (κ3) is 1.16. The fraction of sp³-hybridized carbons (Fsp3) is 0.917. The van der Waals surface area contributed by atoms with Crippen LogP contribution >= 0.6 is 0 Å². The number of ketones is 1. The van der Waals surface area contributed by atoms with E-state index in [9.17, 15) is 4.79 Å². The fourth-order valence-corrected chi connectivity index (χ4v) is 3.33. The Bertz CT molecular complexity index is 221. The van der Waals surface area contributed by atoms with E-state index in [0.29, 0.717) is 11.7 Å². The number of carbonyl (C=O) groups is 1. The van der Waals surface area contributed by atoms with Gasteiger partial charge in [0.1, 0.15) is 5.78 Å². The molecule has 0 radical (unpaired) electrons. The van der Waals surface area contributed by atoms with Gasteiger partial charge in [-0.3, -0.25) is 4.79 Å². The van der Waals surface area contributed by atoms with Crippen molar-refractivity contribution >= 4 is 5.78 Å². The summed E-state index contributed by atoms with van der Waals surface area (Å²) < 4.78 is 0. The van der Waals surface area contributed by atoms with E-state index < -0.39 is 0 Å². The molecular formula is C12H20O. The molecule has 0 aromatic carbocycles. The van der Waals surface area contributed by atoms with E-state index in [2.05, 4.69) is 13.8 Å². The van der Waals surface area contributed by atoms with Crippen LogP contribution in [0.15, 0.2) is 0 Å². The van der Waals surface area contributed by atoms with Gasteiger partial charge in [0.25, 0.3) is 0 Å². The largest absolute Gasteiger partial charge is 0.299 e. The van der Waals surface area contributed by atoms with Gasteiger partial charge in [0, 0.05) is 11.3 Å². The predicted octanol–water partition coefficient (Wildman–Crippen LogP) is 3.18. The van der Waals surface area contributed by atoms with E-state index in [-0.39, 0.29) is 5.41 Å². The fourth-order valence-electron chi connectivity index (χ4n) is 3.33. The highest BCUT2D eigenvalue weighted by Crippen LogP contribution is 2.55. The molecular weight excluding hydrogens is 160 g/mol. The highest BCUT2D eigenvalue weighted by Gasteiger charge is 2.56. The summed E-state index contributed by atoms with van der Waals surface area (Å²) in [5, 5.41) is 0. The second-order valence-electron chi connectivity index (χ2n) is 4.99. The summed E-state index contributed by atoms with van der Waals surface area (Å²) >= 11 is 0. The van der Waals surface area contributed by atoms with Crippen molar-refractivity contribution in [3.63, 3.8) is 0 Å². The molecule has 0 aromatic heterocycles. The van der Waals surface area contributed by atoms with Crippen molar-refractivity contribution in [3.8, 4) is 0 Å². The summed E-state index contributed by atoms with van der Waals surface area (Å²) in [6.07, 6.45) is 7.52. The summed E-state index contributed by atoms with van der Waals surface area (Å²) in [6.45, 7) is 4.35.